The van der Waals surface area contributed by atoms with Crippen LogP contribution in [0.25, 0.3) is 0 Å². The first-order valence-corrected chi connectivity index (χ1v) is 10.6. The lowest BCUT2D eigenvalue weighted by Crippen LogP contribution is -2.24. The number of carbonyl (C=O) groups is 2. The van der Waals surface area contributed by atoms with E-state index in [1.807, 2.05) is 32.0 Å². The minimum absolute atomic E-state index is 0.161. The molecule has 8 nitrogen and oxygen atoms in total. The molecular formula is C26H26N2O6. The fourth-order valence-corrected chi connectivity index (χ4v) is 2.93. The number of benzene rings is 3. The maximum Gasteiger partial charge on any atom is 0.343 e. The Morgan fingerprint density at radius 2 is 1.71 bits per heavy atom. The van der Waals surface area contributed by atoms with Gasteiger partial charge in [0.1, 0.15) is 11.5 Å². The lowest BCUT2D eigenvalue weighted by atomic mass is 10.2. The van der Waals surface area contributed by atoms with Crippen LogP contribution in [0.5, 0.6) is 23.0 Å². The van der Waals surface area contributed by atoms with E-state index in [1.165, 1.54) is 13.3 Å². The molecule has 3 aromatic rings. The normalized spacial score (nSPS) is 10.6. The van der Waals surface area contributed by atoms with Crippen LogP contribution in [0.3, 0.4) is 0 Å². The molecule has 176 valence electrons. The van der Waals surface area contributed by atoms with Gasteiger partial charge in [0.25, 0.3) is 5.91 Å². The highest BCUT2D eigenvalue weighted by atomic mass is 16.6. The number of hydrogen-bond donors (Lipinski definition) is 1. The molecule has 0 saturated heterocycles. The van der Waals surface area contributed by atoms with Crippen molar-refractivity contribution >= 4 is 18.1 Å². The fourth-order valence-electron chi connectivity index (χ4n) is 2.93. The van der Waals surface area contributed by atoms with Crippen molar-refractivity contribution in [2.75, 3.05) is 20.3 Å². The third kappa shape index (κ3) is 6.83. The van der Waals surface area contributed by atoms with Crippen molar-refractivity contribution in [3.8, 4) is 23.0 Å². The van der Waals surface area contributed by atoms with Crippen LogP contribution in [0.1, 0.15) is 28.4 Å². The zero-order chi connectivity index (χ0) is 24.3. The minimum Gasteiger partial charge on any atom is -0.494 e. The maximum absolute atomic E-state index is 12.5. The number of nitrogens with zero attached hydrogens (tertiary/aromatic N) is 1. The van der Waals surface area contributed by atoms with Gasteiger partial charge in [-0.1, -0.05) is 18.2 Å². The van der Waals surface area contributed by atoms with Gasteiger partial charge in [-0.05, 0) is 73.5 Å². The fraction of sp³-hybridized carbons (Fsp3) is 0.192. The summed E-state index contributed by atoms with van der Waals surface area (Å²) in [4.78, 5) is 24.4. The molecule has 0 aliphatic heterocycles. The molecule has 0 saturated carbocycles. The van der Waals surface area contributed by atoms with Crippen molar-refractivity contribution in [1.82, 2.24) is 5.43 Å². The Bertz CT molecular complexity index is 1160. The molecule has 1 N–H and O–H groups in total. The number of rotatable bonds is 10. The molecule has 0 heterocycles. The molecule has 0 aromatic heterocycles. The molecule has 0 aliphatic rings. The molecular weight excluding hydrogens is 436 g/mol. The van der Waals surface area contributed by atoms with Crippen molar-refractivity contribution in [3.05, 3.63) is 83.4 Å². The minimum atomic E-state index is -0.524. The highest BCUT2D eigenvalue weighted by molar-refractivity contribution is 5.92. The summed E-state index contributed by atoms with van der Waals surface area (Å²) in [5, 5.41) is 3.93. The summed E-state index contributed by atoms with van der Waals surface area (Å²) in [6.45, 7) is 4.17. The van der Waals surface area contributed by atoms with Crippen molar-refractivity contribution in [3.63, 3.8) is 0 Å². The molecule has 0 aliphatic carbocycles. The van der Waals surface area contributed by atoms with Gasteiger partial charge >= 0.3 is 5.97 Å². The summed E-state index contributed by atoms with van der Waals surface area (Å²) >= 11 is 0. The number of hydrazone groups is 1. The average Bonchev–Trinajstić information content (AvgIpc) is 2.85. The largest absolute Gasteiger partial charge is 0.494 e. The van der Waals surface area contributed by atoms with Crippen LogP contribution in [-0.4, -0.2) is 38.4 Å². The lowest BCUT2D eigenvalue weighted by molar-refractivity contribution is -0.123. The Kier molecular flexibility index (Phi) is 8.62. The predicted octanol–water partition coefficient (Wildman–Crippen LogP) is 4.15. The zero-order valence-electron chi connectivity index (χ0n) is 19.2. The first-order chi connectivity index (χ1) is 16.5. The van der Waals surface area contributed by atoms with Gasteiger partial charge in [-0.2, -0.15) is 5.10 Å². The van der Waals surface area contributed by atoms with E-state index in [0.717, 1.165) is 5.56 Å². The van der Waals surface area contributed by atoms with Crippen molar-refractivity contribution in [1.29, 1.82) is 0 Å². The highest BCUT2D eigenvalue weighted by Gasteiger charge is 2.13. The van der Waals surface area contributed by atoms with E-state index in [0.29, 0.717) is 35.0 Å². The van der Waals surface area contributed by atoms with Gasteiger partial charge in [0.15, 0.2) is 18.1 Å². The van der Waals surface area contributed by atoms with Crippen LogP contribution in [0, 0.1) is 6.92 Å². The number of amides is 1. The molecule has 0 unspecified atom stereocenters. The van der Waals surface area contributed by atoms with E-state index >= 15 is 0 Å². The van der Waals surface area contributed by atoms with Crippen LogP contribution >= 0.6 is 0 Å². The van der Waals surface area contributed by atoms with Gasteiger partial charge in [0.2, 0.25) is 0 Å². The molecule has 3 rings (SSSR count). The molecule has 0 fully saturated rings. The monoisotopic (exact) mass is 462 g/mol. The number of nitrogens with one attached hydrogen (secondary N) is 1. The number of aryl methyl sites for hydroxylation is 1. The highest BCUT2D eigenvalue weighted by Crippen LogP contribution is 2.28. The Labute approximate surface area is 198 Å². The Morgan fingerprint density at radius 1 is 0.941 bits per heavy atom. The van der Waals surface area contributed by atoms with Crippen LogP contribution < -0.4 is 24.4 Å². The summed E-state index contributed by atoms with van der Waals surface area (Å²) in [5.74, 6) is 0.999. The van der Waals surface area contributed by atoms with Crippen LogP contribution in [0.2, 0.25) is 0 Å². The van der Waals surface area contributed by atoms with Gasteiger partial charge in [-0.3, -0.25) is 4.79 Å². The number of ether oxygens (including phenoxy) is 4. The topological polar surface area (TPSA) is 95.5 Å². The first-order valence-electron chi connectivity index (χ1n) is 10.6. The van der Waals surface area contributed by atoms with E-state index in [9.17, 15) is 9.59 Å². The predicted molar refractivity (Wildman–Crippen MR) is 128 cm³/mol. The summed E-state index contributed by atoms with van der Waals surface area (Å²) in [6.07, 6.45) is 1.45. The number of esters is 1. The maximum atomic E-state index is 12.5. The van der Waals surface area contributed by atoms with Crippen molar-refractivity contribution in [2.45, 2.75) is 13.8 Å². The smallest absolute Gasteiger partial charge is 0.343 e. The lowest BCUT2D eigenvalue weighted by Gasteiger charge is -2.10. The van der Waals surface area contributed by atoms with Crippen LogP contribution in [0.4, 0.5) is 0 Å². The molecule has 0 spiro atoms. The molecule has 3 aromatic carbocycles. The van der Waals surface area contributed by atoms with Gasteiger partial charge in [0.05, 0.1) is 25.5 Å². The summed E-state index contributed by atoms with van der Waals surface area (Å²) in [7, 11) is 1.47. The van der Waals surface area contributed by atoms with Crippen molar-refractivity contribution < 1.29 is 28.5 Å². The quantitative estimate of drug-likeness (QED) is 0.211. The molecule has 0 atom stereocenters. The summed E-state index contributed by atoms with van der Waals surface area (Å²) in [5.41, 5.74) is 4.37. The third-order valence-electron chi connectivity index (χ3n) is 4.65. The van der Waals surface area contributed by atoms with Gasteiger partial charge in [-0.15, -0.1) is 0 Å². The summed E-state index contributed by atoms with van der Waals surface area (Å²) in [6, 6.07) is 19.0. The molecule has 8 heteroatoms. The molecule has 0 radical (unpaired) electrons. The van der Waals surface area contributed by atoms with E-state index in [-0.39, 0.29) is 12.4 Å². The standard InChI is InChI=1S/C26H26N2O6/c1-4-32-21-12-10-20(11-13-21)26(30)34-23-14-9-19(15-24(23)31-3)16-27-28-25(29)17-33-22-8-6-5-7-18(22)2/h5-16H,4,17H2,1-3H3,(H,28,29). The van der Waals surface area contributed by atoms with Crippen molar-refractivity contribution in [2.24, 2.45) is 5.10 Å². The average molecular weight is 463 g/mol. The molecule has 1 amide bonds. The van der Waals surface area contributed by atoms with Crippen LogP contribution in [-0.2, 0) is 4.79 Å². The Hall–Kier alpha value is -4.33. The third-order valence-corrected chi connectivity index (χ3v) is 4.65. The second-order valence-corrected chi connectivity index (χ2v) is 7.10. The number of carbonyl (C=O) groups excluding carboxylic acids is 2. The first kappa shape index (κ1) is 24.3. The van der Waals surface area contributed by atoms with Crippen LogP contribution in [0.15, 0.2) is 71.8 Å². The SMILES string of the molecule is CCOc1ccc(C(=O)Oc2ccc(C=NNC(=O)COc3ccccc3C)cc2OC)cc1. The Balaban J connectivity index is 1.56. The number of hydrogen-bond acceptors (Lipinski definition) is 7. The van der Waals surface area contributed by atoms with Gasteiger partial charge in [0, 0.05) is 0 Å². The Morgan fingerprint density at radius 3 is 2.41 bits per heavy atom. The van der Waals surface area contributed by atoms with Gasteiger partial charge < -0.3 is 18.9 Å². The van der Waals surface area contributed by atoms with Gasteiger partial charge in [-0.25, -0.2) is 10.2 Å². The second kappa shape index (κ2) is 12.1. The number of methoxy groups -OCH3 is 1. The molecule has 34 heavy (non-hydrogen) atoms. The second-order valence-electron chi connectivity index (χ2n) is 7.10. The van der Waals surface area contributed by atoms with E-state index in [2.05, 4.69) is 10.5 Å². The summed E-state index contributed by atoms with van der Waals surface area (Å²) < 4.78 is 21.7. The molecule has 0 bridgehead atoms. The van der Waals surface area contributed by atoms with E-state index in [1.54, 1.807) is 48.5 Å². The number of para-hydroxylation sites is 1. The van der Waals surface area contributed by atoms with E-state index in [4.69, 9.17) is 18.9 Å². The zero-order valence-corrected chi connectivity index (χ0v) is 19.2. The van der Waals surface area contributed by atoms with E-state index < -0.39 is 11.9 Å².